The van der Waals surface area contributed by atoms with Crippen LogP contribution in [0.5, 0.6) is 0 Å². The molecule has 1 aromatic carbocycles. The van der Waals surface area contributed by atoms with E-state index in [0.717, 1.165) is 23.9 Å². The van der Waals surface area contributed by atoms with E-state index in [1.165, 1.54) is 17.8 Å². The van der Waals surface area contributed by atoms with Crippen LogP contribution in [0.4, 0.5) is 18.9 Å². The standard InChI is InChI=1S/C13H11ClF3N3O2S2/c1-23-6-11-19-20-12(22-11)24-5-10(21)18-7-2-3-9(14)8(4-7)13(15,16)17/h2-4H,5-6H2,1H3,(H,18,21). The van der Waals surface area contributed by atoms with E-state index in [1.807, 2.05) is 6.26 Å². The van der Waals surface area contributed by atoms with E-state index in [-0.39, 0.29) is 16.7 Å². The van der Waals surface area contributed by atoms with Gasteiger partial charge in [-0.25, -0.2) is 0 Å². The third kappa shape index (κ3) is 5.32. The van der Waals surface area contributed by atoms with Gasteiger partial charge in [0, 0.05) is 5.69 Å². The van der Waals surface area contributed by atoms with Gasteiger partial charge >= 0.3 is 6.18 Å². The van der Waals surface area contributed by atoms with Gasteiger partial charge in [0.05, 0.1) is 22.1 Å². The molecule has 0 fully saturated rings. The number of aromatic nitrogens is 2. The Balaban J connectivity index is 1.94. The number of thioether (sulfide) groups is 2. The molecule has 1 amide bonds. The fourth-order valence-electron chi connectivity index (χ4n) is 1.62. The molecule has 0 saturated heterocycles. The molecular weight excluding hydrogens is 387 g/mol. The second kappa shape index (κ2) is 8.13. The Bertz CT molecular complexity index is 725. The Morgan fingerprint density at radius 3 is 2.79 bits per heavy atom. The van der Waals surface area contributed by atoms with Crippen LogP contribution in [0, 0.1) is 0 Å². The zero-order valence-corrected chi connectivity index (χ0v) is 14.6. The lowest BCUT2D eigenvalue weighted by Gasteiger charge is -2.11. The average molecular weight is 398 g/mol. The molecule has 0 aliphatic heterocycles. The lowest BCUT2D eigenvalue weighted by molar-refractivity contribution is -0.137. The van der Waals surface area contributed by atoms with Gasteiger partial charge in [0.1, 0.15) is 0 Å². The van der Waals surface area contributed by atoms with Gasteiger partial charge in [0.15, 0.2) is 0 Å². The van der Waals surface area contributed by atoms with Gasteiger partial charge in [-0.15, -0.1) is 10.2 Å². The molecule has 0 bridgehead atoms. The number of nitrogens with one attached hydrogen (secondary N) is 1. The molecule has 1 aromatic heterocycles. The van der Waals surface area contributed by atoms with E-state index < -0.39 is 22.7 Å². The van der Waals surface area contributed by atoms with Crippen molar-refractivity contribution in [3.8, 4) is 0 Å². The summed E-state index contributed by atoms with van der Waals surface area (Å²) in [6.45, 7) is 0. The van der Waals surface area contributed by atoms with Crippen molar-refractivity contribution in [1.82, 2.24) is 10.2 Å². The van der Waals surface area contributed by atoms with Crippen LogP contribution < -0.4 is 5.32 Å². The number of rotatable bonds is 6. The molecule has 0 aliphatic carbocycles. The maximum absolute atomic E-state index is 12.8. The Morgan fingerprint density at radius 1 is 1.38 bits per heavy atom. The van der Waals surface area contributed by atoms with Gasteiger partial charge in [-0.1, -0.05) is 23.4 Å². The molecule has 0 spiro atoms. The number of carbonyl (C=O) groups is 1. The number of hydrogen-bond donors (Lipinski definition) is 1. The van der Waals surface area contributed by atoms with Crippen LogP contribution in [0.25, 0.3) is 0 Å². The number of hydrogen-bond acceptors (Lipinski definition) is 6. The third-order valence-corrected chi connectivity index (χ3v) is 4.28. The Kier molecular flexibility index (Phi) is 6.41. The SMILES string of the molecule is CSCc1nnc(SCC(=O)Nc2ccc(Cl)c(C(F)(F)F)c2)o1. The second-order valence-corrected chi connectivity index (χ2v) is 6.62. The molecule has 2 aromatic rings. The fourth-order valence-corrected chi connectivity index (χ4v) is 2.79. The molecule has 0 atom stereocenters. The third-order valence-electron chi connectivity index (χ3n) is 2.60. The highest BCUT2D eigenvalue weighted by Gasteiger charge is 2.33. The number of carbonyl (C=O) groups excluding carboxylic acids is 1. The molecule has 0 saturated carbocycles. The maximum Gasteiger partial charge on any atom is 0.417 e. The predicted octanol–water partition coefficient (Wildman–Crippen LogP) is 4.34. The van der Waals surface area contributed by atoms with E-state index in [1.54, 1.807) is 0 Å². The minimum absolute atomic E-state index is 0.00549. The minimum atomic E-state index is -4.59. The van der Waals surface area contributed by atoms with Gasteiger partial charge in [-0.3, -0.25) is 4.79 Å². The monoisotopic (exact) mass is 397 g/mol. The summed E-state index contributed by atoms with van der Waals surface area (Å²) >= 11 is 8.03. The van der Waals surface area contributed by atoms with E-state index in [0.29, 0.717) is 11.6 Å². The van der Waals surface area contributed by atoms with Crippen LogP contribution in [0.3, 0.4) is 0 Å². The molecule has 24 heavy (non-hydrogen) atoms. The van der Waals surface area contributed by atoms with Crippen LogP contribution in [-0.2, 0) is 16.7 Å². The molecule has 0 aliphatic rings. The summed E-state index contributed by atoms with van der Waals surface area (Å²) in [6.07, 6.45) is -2.71. The van der Waals surface area contributed by atoms with E-state index in [4.69, 9.17) is 16.0 Å². The minimum Gasteiger partial charge on any atom is -0.415 e. The van der Waals surface area contributed by atoms with Crippen molar-refractivity contribution in [2.75, 3.05) is 17.3 Å². The summed E-state index contributed by atoms with van der Waals surface area (Å²) < 4.78 is 43.6. The highest BCUT2D eigenvalue weighted by atomic mass is 35.5. The zero-order chi connectivity index (χ0) is 17.7. The summed E-state index contributed by atoms with van der Waals surface area (Å²) in [5.74, 6) is 0.424. The Morgan fingerprint density at radius 2 is 2.12 bits per heavy atom. The molecule has 1 N–H and O–H groups in total. The first-order valence-corrected chi connectivity index (χ1v) is 9.16. The molecular formula is C13H11ClF3N3O2S2. The van der Waals surface area contributed by atoms with Crippen LogP contribution >= 0.6 is 35.1 Å². The molecule has 5 nitrogen and oxygen atoms in total. The molecule has 1 heterocycles. The van der Waals surface area contributed by atoms with Gasteiger partial charge < -0.3 is 9.73 Å². The highest BCUT2D eigenvalue weighted by molar-refractivity contribution is 7.99. The number of nitrogens with zero attached hydrogens (tertiary/aromatic N) is 2. The number of halogens is 4. The number of benzene rings is 1. The van der Waals surface area contributed by atoms with Gasteiger partial charge in [-0.05, 0) is 24.5 Å². The average Bonchev–Trinajstić information content (AvgIpc) is 2.94. The Hall–Kier alpha value is -1.39. The Labute approximate surface area is 148 Å². The van der Waals surface area contributed by atoms with Crippen molar-refractivity contribution in [3.63, 3.8) is 0 Å². The maximum atomic E-state index is 12.8. The lowest BCUT2D eigenvalue weighted by Crippen LogP contribution is -2.15. The number of alkyl halides is 3. The topological polar surface area (TPSA) is 68.0 Å². The van der Waals surface area contributed by atoms with E-state index in [9.17, 15) is 18.0 Å². The van der Waals surface area contributed by atoms with Gasteiger partial charge in [0.25, 0.3) is 5.22 Å². The van der Waals surface area contributed by atoms with E-state index >= 15 is 0 Å². The fraction of sp³-hybridized carbons (Fsp3) is 0.308. The molecule has 130 valence electrons. The van der Waals surface area contributed by atoms with Crippen molar-refractivity contribution in [1.29, 1.82) is 0 Å². The van der Waals surface area contributed by atoms with E-state index in [2.05, 4.69) is 15.5 Å². The largest absolute Gasteiger partial charge is 0.417 e. The van der Waals surface area contributed by atoms with Crippen molar-refractivity contribution >= 4 is 46.7 Å². The quantitative estimate of drug-likeness (QED) is 0.731. The number of anilines is 1. The smallest absolute Gasteiger partial charge is 0.415 e. The second-order valence-electron chi connectivity index (χ2n) is 4.42. The van der Waals surface area contributed by atoms with Crippen molar-refractivity contribution < 1.29 is 22.4 Å². The van der Waals surface area contributed by atoms with Gasteiger partial charge in [0.2, 0.25) is 11.8 Å². The zero-order valence-electron chi connectivity index (χ0n) is 12.2. The summed E-state index contributed by atoms with van der Waals surface area (Å²) in [7, 11) is 0. The summed E-state index contributed by atoms with van der Waals surface area (Å²) in [6, 6.07) is 3.16. The van der Waals surface area contributed by atoms with Gasteiger partial charge in [-0.2, -0.15) is 24.9 Å². The highest BCUT2D eigenvalue weighted by Crippen LogP contribution is 2.36. The first-order chi connectivity index (χ1) is 11.3. The van der Waals surface area contributed by atoms with Crippen molar-refractivity contribution in [2.24, 2.45) is 0 Å². The lowest BCUT2D eigenvalue weighted by atomic mass is 10.2. The van der Waals surface area contributed by atoms with Crippen molar-refractivity contribution in [2.45, 2.75) is 17.2 Å². The molecule has 11 heteroatoms. The summed E-state index contributed by atoms with van der Waals surface area (Å²) in [5.41, 5.74) is -1.00. The van der Waals surface area contributed by atoms with Crippen LogP contribution in [0.2, 0.25) is 5.02 Å². The van der Waals surface area contributed by atoms with Crippen LogP contribution in [0.1, 0.15) is 11.5 Å². The molecule has 0 unspecified atom stereocenters. The first kappa shape index (κ1) is 18.9. The number of amides is 1. The first-order valence-electron chi connectivity index (χ1n) is 6.40. The summed E-state index contributed by atoms with van der Waals surface area (Å²) in [5, 5.41) is 9.71. The van der Waals surface area contributed by atoms with Crippen LogP contribution in [0.15, 0.2) is 27.8 Å². The van der Waals surface area contributed by atoms with Crippen molar-refractivity contribution in [3.05, 3.63) is 34.7 Å². The molecule has 0 radical (unpaired) electrons. The predicted molar refractivity (Wildman–Crippen MR) is 87.3 cm³/mol. The summed E-state index contributed by atoms with van der Waals surface area (Å²) in [4.78, 5) is 11.8. The molecule has 2 rings (SSSR count). The van der Waals surface area contributed by atoms with Crippen LogP contribution in [-0.4, -0.2) is 28.1 Å². The normalized spacial score (nSPS) is 11.5.